The third-order valence-corrected chi connectivity index (χ3v) is 5.76. The molecule has 134 valence electrons. The lowest BCUT2D eigenvalue weighted by atomic mass is 9.82. The largest absolute Gasteiger partial charge is 0.377 e. The molecule has 5 rings (SSSR count). The number of nitriles is 1. The molecule has 2 heterocycles. The van der Waals surface area contributed by atoms with Gasteiger partial charge in [0.2, 0.25) is 0 Å². The van der Waals surface area contributed by atoms with E-state index >= 15 is 0 Å². The van der Waals surface area contributed by atoms with Gasteiger partial charge in [-0.15, -0.1) is 0 Å². The number of benzene rings is 2. The number of aryl methyl sites for hydroxylation is 2. The van der Waals surface area contributed by atoms with Crippen molar-refractivity contribution in [3.8, 4) is 6.07 Å². The molecule has 3 N–H and O–H groups in total. The van der Waals surface area contributed by atoms with E-state index in [0.29, 0.717) is 16.9 Å². The van der Waals surface area contributed by atoms with E-state index in [9.17, 15) is 5.11 Å². The molecule has 0 amide bonds. The molecule has 2 aromatic carbocycles. The normalized spacial score (nSPS) is 16.5. The minimum Gasteiger partial charge on any atom is -0.377 e. The SMILES string of the molecule is Cc1cc(C)c2[nH]ccc2c1C(O)(c1nc2cc(C#N)ccc2[nH]1)C1CC1. The van der Waals surface area contributed by atoms with Gasteiger partial charge in [0.15, 0.2) is 5.60 Å². The van der Waals surface area contributed by atoms with Crippen LogP contribution in [-0.2, 0) is 5.60 Å². The van der Waals surface area contributed by atoms with Crippen LogP contribution in [0.4, 0.5) is 0 Å². The van der Waals surface area contributed by atoms with Crippen LogP contribution >= 0.6 is 0 Å². The van der Waals surface area contributed by atoms with Crippen molar-refractivity contribution in [2.24, 2.45) is 5.92 Å². The fourth-order valence-electron chi connectivity index (χ4n) is 4.36. The molecule has 1 saturated carbocycles. The van der Waals surface area contributed by atoms with Crippen LogP contribution in [0.3, 0.4) is 0 Å². The van der Waals surface area contributed by atoms with E-state index in [1.54, 1.807) is 12.1 Å². The standard InChI is InChI=1S/C22H20N4O/c1-12-9-13(2)20-16(7-8-24-20)19(12)22(27,15-4-5-15)21-25-17-6-3-14(11-23)10-18(17)26-21/h3,6-10,15,24,27H,4-5H2,1-2H3,(H,25,26). The zero-order chi connectivity index (χ0) is 18.8. The third-order valence-electron chi connectivity index (χ3n) is 5.76. The summed E-state index contributed by atoms with van der Waals surface area (Å²) in [5, 5.41) is 22.2. The summed E-state index contributed by atoms with van der Waals surface area (Å²) < 4.78 is 0. The molecular formula is C22H20N4O. The molecule has 1 fully saturated rings. The van der Waals surface area contributed by atoms with E-state index in [-0.39, 0.29) is 5.92 Å². The van der Waals surface area contributed by atoms with Crippen molar-refractivity contribution in [2.75, 3.05) is 0 Å². The zero-order valence-corrected chi connectivity index (χ0v) is 15.3. The van der Waals surface area contributed by atoms with Gasteiger partial charge in [-0.3, -0.25) is 0 Å². The number of hydrogen-bond acceptors (Lipinski definition) is 3. The molecule has 0 radical (unpaired) electrons. The predicted molar refractivity (Wildman–Crippen MR) is 104 cm³/mol. The average Bonchev–Trinajstić information content (AvgIpc) is 3.24. The number of imidazole rings is 1. The average molecular weight is 356 g/mol. The van der Waals surface area contributed by atoms with Crippen LogP contribution in [0.2, 0.25) is 0 Å². The molecule has 0 aliphatic heterocycles. The minimum absolute atomic E-state index is 0.132. The second-order valence-corrected chi connectivity index (χ2v) is 7.62. The van der Waals surface area contributed by atoms with Gasteiger partial charge in [-0.2, -0.15) is 5.26 Å². The minimum atomic E-state index is -1.18. The Bertz CT molecular complexity index is 1240. The van der Waals surface area contributed by atoms with Crippen molar-refractivity contribution in [1.29, 1.82) is 5.26 Å². The molecule has 5 heteroatoms. The van der Waals surface area contributed by atoms with Gasteiger partial charge >= 0.3 is 0 Å². The molecular weight excluding hydrogens is 336 g/mol. The summed E-state index contributed by atoms with van der Waals surface area (Å²) in [6, 6.07) is 11.7. The van der Waals surface area contributed by atoms with E-state index in [2.05, 4.69) is 36.0 Å². The number of fused-ring (bicyclic) bond motifs is 2. The topological polar surface area (TPSA) is 88.5 Å². The number of nitrogens with zero attached hydrogens (tertiary/aromatic N) is 2. The van der Waals surface area contributed by atoms with Crippen molar-refractivity contribution in [2.45, 2.75) is 32.3 Å². The summed E-state index contributed by atoms with van der Waals surface area (Å²) >= 11 is 0. The van der Waals surface area contributed by atoms with E-state index in [0.717, 1.165) is 46.0 Å². The predicted octanol–water partition coefficient (Wildman–Crippen LogP) is 4.18. The Balaban J connectivity index is 1.80. The van der Waals surface area contributed by atoms with Crippen LogP contribution < -0.4 is 0 Å². The molecule has 2 aromatic heterocycles. The summed E-state index contributed by atoms with van der Waals surface area (Å²) in [5.41, 5.74) is 5.13. The highest BCUT2D eigenvalue weighted by molar-refractivity contribution is 5.88. The monoisotopic (exact) mass is 356 g/mol. The number of aromatic nitrogens is 3. The molecule has 1 atom stereocenters. The Kier molecular flexibility index (Phi) is 3.25. The van der Waals surface area contributed by atoms with E-state index < -0.39 is 5.60 Å². The van der Waals surface area contributed by atoms with Crippen molar-refractivity contribution in [3.63, 3.8) is 0 Å². The van der Waals surface area contributed by atoms with Crippen LogP contribution in [0, 0.1) is 31.1 Å². The Hall–Kier alpha value is -3.10. The van der Waals surface area contributed by atoms with Crippen LogP contribution in [0.5, 0.6) is 0 Å². The van der Waals surface area contributed by atoms with Gasteiger partial charge in [-0.05, 0) is 68.0 Å². The van der Waals surface area contributed by atoms with Crippen LogP contribution in [0.25, 0.3) is 21.9 Å². The number of nitrogens with one attached hydrogen (secondary N) is 2. The lowest BCUT2D eigenvalue weighted by Crippen LogP contribution is -2.32. The van der Waals surface area contributed by atoms with E-state index in [1.165, 1.54) is 0 Å². The lowest BCUT2D eigenvalue weighted by Gasteiger charge is -2.29. The van der Waals surface area contributed by atoms with Crippen molar-refractivity contribution < 1.29 is 5.11 Å². The van der Waals surface area contributed by atoms with Crippen LogP contribution in [-0.4, -0.2) is 20.1 Å². The number of H-pyrrole nitrogens is 2. The Morgan fingerprint density at radius 3 is 2.74 bits per heavy atom. The highest BCUT2D eigenvalue weighted by Gasteiger charge is 2.50. The summed E-state index contributed by atoms with van der Waals surface area (Å²) in [4.78, 5) is 11.3. The van der Waals surface area contributed by atoms with Crippen LogP contribution in [0.1, 0.15) is 40.9 Å². The first-order valence-corrected chi connectivity index (χ1v) is 9.23. The molecule has 0 spiro atoms. The van der Waals surface area contributed by atoms with Crippen molar-refractivity contribution >= 4 is 21.9 Å². The molecule has 27 heavy (non-hydrogen) atoms. The highest BCUT2D eigenvalue weighted by Crippen LogP contribution is 2.51. The number of aromatic amines is 2. The maximum Gasteiger partial charge on any atom is 0.151 e. The van der Waals surface area contributed by atoms with Gasteiger partial charge in [0, 0.05) is 22.7 Å². The van der Waals surface area contributed by atoms with Gasteiger partial charge in [0.05, 0.1) is 22.7 Å². The van der Waals surface area contributed by atoms with Crippen molar-refractivity contribution in [1.82, 2.24) is 15.0 Å². The van der Waals surface area contributed by atoms with Crippen molar-refractivity contribution in [3.05, 3.63) is 64.6 Å². The third kappa shape index (κ3) is 2.23. The van der Waals surface area contributed by atoms with Gasteiger partial charge in [0.25, 0.3) is 0 Å². The first-order chi connectivity index (χ1) is 13.0. The molecule has 4 aromatic rings. The summed E-state index contributed by atoms with van der Waals surface area (Å²) in [6.07, 6.45) is 3.86. The summed E-state index contributed by atoms with van der Waals surface area (Å²) in [6.45, 7) is 4.13. The second kappa shape index (κ2) is 5.45. The maximum atomic E-state index is 12.0. The molecule has 5 nitrogen and oxygen atoms in total. The summed E-state index contributed by atoms with van der Waals surface area (Å²) in [7, 11) is 0. The van der Waals surface area contributed by atoms with E-state index in [1.807, 2.05) is 18.3 Å². The zero-order valence-electron chi connectivity index (χ0n) is 15.3. The highest BCUT2D eigenvalue weighted by atomic mass is 16.3. The molecule has 0 saturated heterocycles. The van der Waals surface area contributed by atoms with Gasteiger partial charge in [-0.25, -0.2) is 4.98 Å². The Morgan fingerprint density at radius 2 is 2.00 bits per heavy atom. The maximum absolute atomic E-state index is 12.0. The van der Waals surface area contributed by atoms with E-state index in [4.69, 9.17) is 10.2 Å². The fourth-order valence-corrected chi connectivity index (χ4v) is 4.36. The number of hydrogen-bond donors (Lipinski definition) is 3. The number of aliphatic hydroxyl groups is 1. The molecule has 1 aliphatic carbocycles. The summed E-state index contributed by atoms with van der Waals surface area (Å²) in [5.74, 6) is 0.692. The molecule has 1 unspecified atom stereocenters. The first kappa shape index (κ1) is 16.1. The smallest absolute Gasteiger partial charge is 0.151 e. The quantitative estimate of drug-likeness (QED) is 0.514. The number of rotatable bonds is 3. The lowest BCUT2D eigenvalue weighted by molar-refractivity contribution is 0.0492. The van der Waals surface area contributed by atoms with Gasteiger partial charge in [-0.1, -0.05) is 6.07 Å². The fraction of sp³-hybridized carbons (Fsp3) is 0.273. The molecule has 1 aliphatic rings. The Labute approximate surface area is 156 Å². The Morgan fingerprint density at radius 1 is 1.19 bits per heavy atom. The van der Waals surface area contributed by atoms with Gasteiger partial charge in [0.1, 0.15) is 5.82 Å². The first-order valence-electron chi connectivity index (χ1n) is 9.23. The van der Waals surface area contributed by atoms with Gasteiger partial charge < -0.3 is 15.1 Å². The molecule has 0 bridgehead atoms. The van der Waals surface area contributed by atoms with Crippen LogP contribution in [0.15, 0.2) is 36.5 Å². The second-order valence-electron chi connectivity index (χ2n) is 7.62.